The number of aromatic nitrogens is 1. The van der Waals surface area contributed by atoms with Crippen LogP contribution in [0.15, 0.2) is 72.9 Å². The van der Waals surface area contributed by atoms with Crippen LogP contribution in [0.3, 0.4) is 0 Å². The molecule has 0 spiro atoms. The molecule has 1 amide bonds. The number of halogens is 1. The van der Waals surface area contributed by atoms with E-state index in [9.17, 15) is 14.0 Å². The van der Waals surface area contributed by atoms with E-state index in [1.807, 2.05) is 18.3 Å². The van der Waals surface area contributed by atoms with Crippen molar-refractivity contribution < 1.29 is 19.1 Å². The Balaban J connectivity index is 0.000000289. The molecule has 0 saturated carbocycles. The molecule has 0 unspecified atom stereocenters. The first kappa shape index (κ1) is 27.5. The predicted octanol–water partition coefficient (Wildman–Crippen LogP) is 5.14. The Bertz CT molecular complexity index is 1380. The van der Waals surface area contributed by atoms with E-state index in [1.54, 1.807) is 13.0 Å². The van der Waals surface area contributed by atoms with Gasteiger partial charge in [-0.15, -0.1) is 0 Å². The molecule has 192 valence electrons. The molecular weight excluding hydrogens is 469 g/mol. The van der Waals surface area contributed by atoms with Gasteiger partial charge in [0.1, 0.15) is 5.82 Å². The molecule has 0 saturated heterocycles. The highest BCUT2D eigenvalue weighted by Gasteiger charge is 2.10. The van der Waals surface area contributed by atoms with Crippen LogP contribution in [-0.2, 0) is 24.2 Å². The maximum Gasteiger partial charge on any atom is 0.303 e. The van der Waals surface area contributed by atoms with Crippen LogP contribution < -0.4 is 5.73 Å². The van der Waals surface area contributed by atoms with Crippen LogP contribution in [0, 0.1) is 12.7 Å². The number of amides is 1. The third-order valence-corrected chi connectivity index (χ3v) is 5.87. The molecular formula is C30H32FN3O3. The van der Waals surface area contributed by atoms with Crippen molar-refractivity contribution in [1.29, 1.82) is 0 Å². The lowest BCUT2D eigenvalue weighted by molar-refractivity contribution is -0.136. The Morgan fingerprint density at radius 2 is 1.70 bits per heavy atom. The van der Waals surface area contributed by atoms with E-state index >= 15 is 0 Å². The van der Waals surface area contributed by atoms with Gasteiger partial charge >= 0.3 is 5.97 Å². The maximum atomic E-state index is 12.8. The van der Waals surface area contributed by atoms with Crippen LogP contribution >= 0.6 is 0 Å². The van der Waals surface area contributed by atoms with Gasteiger partial charge in [-0.2, -0.15) is 0 Å². The van der Waals surface area contributed by atoms with Crippen molar-refractivity contribution in [2.45, 2.75) is 32.7 Å². The van der Waals surface area contributed by atoms with Crippen LogP contribution in [0.25, 0.3) is 10.8 Å². The second-order valence-corrected chi connectivity index (χ2v) is 9.24. The lowest BCUT2D eigenvalue weighted by Crippen LogP contribution is -2.14. The quantitative estimate of drug-likeness (QED) is 0.349. The number of carbonyl (C=O) groups excluding carboxylic acids is 1. The Morgan fingerprint density at radius 1 is 0.973 bits per heavy atom. The number of aliphatic carboxylic acids is 1. The number of benzene rings is 3. The average Bonchev–Trinajstić information content (AvgIpc) is 2.83. The highest BCUT2D eigenvalue weighted by molar-refractivity contribution is 5.94. The molecule has 4 aromatic rings. The summed E-state index contributed by atoms with van der Waals surface area (Å²) >= 11 is 0. The highest BCUT2D eigenvalue weighted by atomic mass is 19.1. The summed E-state index contributed by atoms with van der Waals surface area (Å²) < 4.78 is 12.8. The van der Waals surface area contributed by atoms with E-state index in [0.717, 1.165) is 29.8 Å². The van der Waals surface area contributed by atoms with Crippen molar-refractivity contribution in [3.8, 4) is 0 Å². The summed E-state index contributed by atoms with van der Waals surface area (Å²) in [6.45, 7) is 2.56. The fourth-order valence-corrected chi connectivity index (χ4v) is 4.18. The summed E-state index contributed by atoms with van der Waals surface area (Å²) in [7, 11) is 4.14. The number of nitrogens with zero attached hydrogens (tertiary/aromatic N) is 2. The molecule has 6 nitrogen and oxygen atoms in total. The zero-order valence-corrected chi connectivity index (χ0v) is 21.4. The maximum absolute atomic E-state index is 12.8. The summed E-state index contributed by atoms with van der Waals surface area (Å²) in [5.74, 6) is -2.04. The zero-order chi connectivity index (χ0) is 26.9. The molecule has 0 aliphatic rings. The molecule has 37 heavy (non-hydrogen) atoms. The summed E-state index contributed by atoms with van der Waals surface area (Å²) in [6, 6.07) is 21.1. The SMILES string of the molecule is CN(C)Cc1ccc2c(Cc3cccc(CCC(=O)O)c3)nccc2c1.Cc1cccc(F)c1C(N)=O. The fraction of sp³-hybridized carbons (Fsp3) is 0.233. The summed E-state index contributed by atoms with van der Waals surface area (Å²) in [5.41, 5.74) is 10.0. The number of nitrogens with two attached hydrogens (primary N) is 1. The molecule has 0 bridgehead atoms. The van der Waals surface area contributed by atoms with Crippen LogP contribution in [0.4, 0.5) is 4.39 Å². The molecule has 3 N–H and O–H groups in total. The Labute approximate surface area is 216 Å². The predicted molar refractivity (Wildman–Crippen MR) is 144 cm³/mol. The number of carbonyl (C=O) groups is 2. The molecule has 1 aromatic heterocycles. The van der Waals surface area contributed by atoms with Gasteiger partial charge in [0.25, 0.3) is 5.91 Å². The average molecular weight is 502 g/mol. The number of rotatable bonds is 8. The Hall–Kier alpha value is -4.10. The normalized spacial score (nSPS) is 10.7. The Kier molecular flexibility index (Phi) is 9.46. The van der Waals surface area contributed by atoms with Crippen molar-refractivity contribution in [3.63, 3.8) is 0 Å². The van der Waals surface area contributed by atoms with Gasteiger partial charge in [-0.1, -0.05) is 48.5 Å². The van der Waals surface area contributed by atoms with Crippen molar-refractivity contribution in [3.05, 3.63) is 112 Å². The van der Waals surface area contributed by atoms with E-state index < -0.39 is 17.7 Å². The molecule has 3 aromatic carbocycles. The number of hydrogen-bond donors (Lipinski definition) is 2. The van der Waals surface area contributed by atoms with Crippen LogP contribution in [0.5, 0.6) is 0 Å². The number of carboxylic acids is 1. The van der Waals surface area contributed by atoms with Crippen molar-refractivity contribution in [2.75, 3.05) is 14.1 Å². The minimum Gasteiger partial charge on any atom is -0.481 e. The third kappa shape index (κ3) is 7.95. The van der Waals surface area contributed by atoms with E-state index in [0.29, 0.717) is 12.0 Å². The Morgan fingerprint density at radius 3 is 2.35 bits per heavy atom. The molecule has 7 heteroatoms. The lowest BCUT2D eigenvalue weighted by atomic mass is 9.99. The lowest BCUT2D eigenvalue weighted by Gasteiger charge is -2.12. The van der Waals surface area contributed by atoms with Gasteiger partial charge in [-0.3, -0.25) is 14.6 Å². The first-order chi connectivity index (χ1) is 17.6. The number of carboxylic acid groups (broad SMARTS) is 1. The number of primary amides is 1. The first-order valence-electron chi connectivity index (χ1n) is 12.0. The molecule has 1 heterocycles. The second-order valence-electron chi connectivity index (χ2n) is 9.24. The van der Waals surface area contributed by atoms with Crippen LogP contribution in [-0.4, -0.2) is 41.0 Å². The second kappa shape index (κ2) is 12.7. The topological polar surface area (TPSA) is 96.5 Å². The summed E-state index contributed by atoms with van der Waals surface area (Å²) in [4.78, 5) is 28.2. The van der Waals surface area contributed by atoms with Crippen molar-refractivity contribution in [1.82, 2.24) is 9.88 Å². The zero-order valence-electron chi connectivity index (χ0n) is 21.4. The number of aryl methyl sites for hydroxylation is 2. The molecule has 4 rings (SSSR count). The van der Waals surface area contributed by atoms with E-state index in [4.69, 9.17) is 10.8 Å². The fourth-order valence-electron chi connectivity index (χ4n) is 4.18. The molecule has 0 atom stereocenters. The number of hydrogen-bond acceptors (Lipinski definition) is 4. The molecule has 0 aliphatic heterocycles. The monoisotopic (exact) mass is 501 g/mol. The van der Waals surface area contributed by atoms with Gasteiger partial charge in [0, 0.05) is 31.0 Å². The minimum absolute atomic E-state index is 0.0208. The van der Waals surface area contributed by atoms with E-state index in [1.165, 1.54) is 28.5 Å². The van der Waals surface area contributed by atoms with Gasteiger partial charge in [0.15, 0.2) is 0 Å². The van der Waals surface area contributed by atoms with E-state index in [-0.39, 0.29) is 12.0 Å². The highest BCUT2D eigenvalue weighted by Crippen LogP contribution is 2.22. The van der Waals surface area contributed by atoms with Gasteiger partial charge in [-0.05, 0) is 73.3 Å². The first-order valence-corrected chi connectivity index (χ1v) is 12.0. The van der Waals surface area contributed by atoms with Crippen LogP contribution in [0.1, 0.15) is 44.7 Å². The largest absolute Gasteiger partial charge is 0.481 e. The molecule has 0 aliphatic carbocycles. The van der Waals surface area contributed by atoms with Gasteiger partial charge in [0.05, 0.1) is 11.3 Å². The van der Waals surface area contributed by atoms with Crippen molar-refractivity contribution in [2.24, 2.45) is 5.73 Å². The smallest absolute Gasteiger partial charge is 0.303 e. The van der Waals surface area contributed by atoms with Crippen LogP contribution in [0.2, 0.25) is 0 Å². The third-order valence-electron chi connectivity index (χ3n) is 5.87. The van der Waals surface area contributed by atoms with Gasteiger partial charge < -0.3 is 15.7 Å². The van der Waals surface area contributed by atoms with E-state index in [2.05, 4.69) is 60.4 Å². The number of fused-ring (bicyclic) bond motifs is 1. The minimum atomic E-state index is -0.764. The standard InChI is InChI=1S/C22H24N2O2.C8H8FNO/c1-24(2)15-18-6-8-20-19(13-18)10-11-23-21(20)14-17-5-3-4-16(12-17)7-9-22(25)26;1-5-3-2-4-6(9)7(5)8(10)11/h3-6,8,10-13H,7,9,14-15H2,1-2H3,(H,25,26);2-4H,1H3,(H2,10,11). The van der Waals surface area contributed by atoms with Crippen molar-refractivity contribution >= 4 is 22.6 Å². The molecule has 0 fully saturated rings. The summed E-state index contributed by atoms with van der Waals surface area (Å²) in [5, 5.41) is 11.2. The van der Waals surface area contributed by atoms with Gasteiger partial charge in [-0.25, -0.2) is 4.39 Å². The molecule has 0 radical (unpaired) electrons. The number of pyridine rings is 1. The summed E-state index contributed by atoms with van der Waals surface area (Å²) in [6.07, 6.45) is 3.32. The van der Waals surface area contributed by atoms with Gasteiger partial charge in [0.2, 0.25) is 0 Å².